The molecule has 0 aliphatic heterocycles. The summed E-state index contributed by atoms with van der Waals surface area (Å²) >= 11 is 0. The fourth-order valence-electron chi connectivity index (χ4n) is 9.23. The van der Waals surface area contributed by atoms with Crippen LogP contribution in [0.2, 0.25) is 0 Å². The van der Waals surface area contributed by atoms with Crippen molar-refractivity contribution in [2.75, 3.05) is 0 Å². The molecule has 3 saturated carbocycles. The molecule has 0 aromatic rings. The second kappa shape index (κ2) is 8.57. The minimum absolute atomic E-state index is 0.0214. The van der Waals surface area contributed by atoms with Gasteiger partial charge < -0.3 is 5.11 Å². The van der Waals surface area contributed by atoms with E-state index in [2.05, 4.69) is 47.6 Å². The maximum Gasteiger partial charge on any atom is 0.0543 e. The Hall–Kier alpha value is -0.300. The van der Waals surface area contributed by atoms with Crippen molar-refractivity contribution >= 4 is 0 Å². The van der Waals surface area contributed by atoms with Crippen LogP contribution in [-0.4, -0.2) is 11.2 Å². The number of aliphatic hydroxyl groups excluding tert-OH is 1. The van der Waals surface area contributed by atoms with Crippen LogP contribution in [0.4, 0.5) is 0 Å². The van der Waals surface area contributed by atoms with Gasteiger partial charge in [-0.3, -0.25) is 0 Å². The van der Waals surface area contributed by atoms with Gasteiger partial charge in [0.25, 0.3) is 0 Å². The second-order valence-corrected chi connectivity index (χ2v) is 12.8. The van der Waals surface area contributed by atoms with Crippen LogP contribution < -0.4 is 0 Å². The quantitative estimate of drug-likeness (QED) is 0.436. The number of allylic oxidation sites excluding steroid dienone is 2. The van der Waals surface area contributed by atoms with Crippen molar-refractivity contribution in [3.05, 3.63) is 11.6 Å². The van der Waals surface area contributed by atoms with E-state index in [9.17, 15) is 5.11 Å². The van der Waals surface area contributed by atoms with Crippen molar-refractivity contribution in [1.29, 1.82) is 0 Å². The summed E-state index contributed by atoms with van der Waals surface area (Å²) in [4.78, 5) is 0. The number of hydrogen-bond donors (Lipinski definition) is 1. The smallest absolute Gasteiger partial charge is 0.0543 e. The van der Waals surface area contributed by atoms with Crippen molar-refractivity contribution < 1.29 is 5.11 Å². The van der Waals surface area contributed by atoms with Gasteiger partial charge in [-0.1, -0.05) is 59.6 Å². The highest BCUT2D eigenvalue weighted by molar-refractivity contribution is 5.27. The molecule has 0 aromatic heterocycles. The summed E-state index contributed by atoms with van der Waals surface area (Å²) in [5, 5.41) is 10.3. The lowest BCUT2D eigenvalue weighted by Crippen LogP contribution is -2.53. The van der Waals surface area contributed by atoms with E-state index in [0.29, 0.717) is 10.8 Å². The van der Waals surface area contributed by atoms with Crippen molar-refractivity contribution in [2.45, 2.75) is 118 Å². The van der Waals surface area contributed by atoms with Gasteiger partial charge in [0, 0.05) is 0 Å². The van der Waals surface area contributed by atoms with Crippen molar-refractivity contribution in [2.24, 2.45) is 52.3 Å². The normalized spacial score (nSPS) is 45.3. The van der Waals surface area contributed by atoms with E-state index in [1.54, 1.807) is 0 Å². The van der Waals surface area contributed by atoms with E-state index in [0.717, 1.165) is 54.3 Å². The third-order valence-corrected chi connectivity index (χ3v) is 11.2. The lowest BCUT2D eigenvalue weighted by molar-refractivity contribution is -0.118. The Kier molecular flexibility index (Phi) is 6.53. The molecule has 0 radical (unpaired) electrons. The van der Waals surface area contributed by atoms with Gasteiger partial charge in [0.2, 0.25) is 0 Å². The van der Waals surface area contributed by atoms with Crippen molar-refractivity contribution in [3.8, 4) is 0 Å². The molecule has 4 aliphatic carbocycles. The Balaban J connectivity index is 1.46. The van der Waals surface area contributed by atoms with Gasteiger partial charge in [-0.25, -0.2) is 0 Å². The molecule has 1 heteroatoms. The summed E-state index contributed by atoms with van der Waals surface area (Å²) in [5.41, 5.74) is 2.82. The average Bonchev–Trinajstić information content (AvgIpc) is 3.06. The van der Waals surface area contributed by atoms with Crippen LogP contribution in [0.1, 0.15) is 112 Å². The highest BCUT2D eigenvalue weighted by Gasteiger charge is 2.58. The fraction of sp³-hybridized carbons (Fsp3) is 0.931. The summed E-state index contributed by atoms with van der Waals surface area (Å²) in [6.45, 7) is 15.0. The summed E-state index contributed by atoms with van der Waals surface area (Å²) in [6.07, 6.45) is 17.2. The molecular formula is C29H50O. The topological polar surface area (TPSA) is 20.2 Å². The van der Waals surface area contributed by atoms with Gasteiger partial charge in [0.1, 0.15) is 0 Å². The fourth-order valence-corrected chi connectivity index (χ4v) is 9.23. The summed E-state index contributed by atoms with van der Waals surface area (Å²) in [7, 11) is 0. The van der Waals surface area contributed by atoms with E-state index >= 15 is 0 Å². The zero-order chi connectivity index (χ0) is 21.7. The van der Waals surface area contributed by atoms with Gasteiger partial charge in [0.05, 0.1) is 6.10 Å². The molecule has 4 aliphatic rings. The number of rotatable bonds is 6. The summed E-state index contributed by atoms with van der Waals surface area (Å²) < 4.78 is 0. The summed E-state index contributed by atoms with van der Waals surface area (Å²) in [5.74, 6) is 6.00. The first kappa shape index (κ1) is 22.9. The molecular weight excluding hydrogens is 364 g/mol. The average molecular weight is 415 g/mol. The lowest BCUT2D eigenvalue weighted by Gasteiger charge is -2.61. The minimum Gasteiger partial charge on any atom is -0.393 e. The van der Waals surface area contributed by atoms with Gasteiger partial charge in [-0.15, -0.1) is 0 Å². The molecule has 0 aromatic carbocycles. The zero-order valence-electron chi connectivity index (χ0n) is 20.9. The predicted molar refractivity (Wildman–Crippen MR) is 128 cm³/mol. The Morgan fingerprint density at radius 3 is 2.47 bits per heavy atom. The molecule has 9 atom stereocenters. The lowest BCUT2D eigenvalue weighted by atomic mass is 9.44. The van der Waals surface area contributed by atoms with Crippen LogP contribution in [0.25, 0.3) is 0 Å². The van der Waals surface area contributed by atoms with Crippen LogP contribution in [0, 0.1) is 52.3 Å². The maximum absolute atomic E-state index is 10.3. The van der Waals surface area contributed by atoms with Gasteiger partial charge in [-0.2, -0.15) is 0 Å². The zero-order valence-corrected chi connectivity index (χ0v) is 20.9. The minimum atomic E-state index is -0.0214. The SMILES string of the molecule is CC[C@H](CC[C@@H](C)C1=CC[C@H]2[C@@H]3CC[C@H]4C[C@H](O)CC[C@]4(C)[C@H]3CC[C@]12C)C(C)C. The van der Waals surface area contributed by atoms with Gasteiger partial charge in [0.15, 0.2) is 0 Å². The van der Waals surface area contributed by atoms with Crippen LogP contribution in [-0.2, 0) is 0 Å². The number of fused-ring (bicyclic) bond motifs is 5. The number of hydrogen-bond acceptors (Lipinski definition) is 1. The Labute approximate surface area is 187 Å². The van der Waals surface area contributed by atoms with Crippen molar-refractivity contribution in [3.63, 3.8) is 0 Å². The molecule has 3 fully saturated rings. The van der Waals surface area contributed by atoms with Crippen LogP contribution in [0.5, 0.6) is 0 Å². The molecule has 0 saturated heterocycles. The van der Waals surface area contributed by atoms with E-state index in [4.69, 9.17) is 0 Å². The van der Waals surface area contributed by atoms with Gasteiger partial charge >= 0.3 is 0 Å². The Bertz CT molecular complexity index is 634. The predicted octanol–water partition coefficient (Wildman–Crippen LogP) is 8.02. The molecule has 1 nitrogen and oxygen atoms in total. The molecule has 0 heterocycles. The number of aliphatic hydroxyl groups is 1. The van der Waals surface area contributed by atoms with E-state index in [1.807, 2.05) is 5.57 Å². The molecule has 0 amide bonds. The Morgan fingerprint density at radius 2 is 1.77 bits per heavy atom. The third kappa shape index (κ3) is 3.74. The highest BCUT2D eigenvalue weighted by atomic mass is 16.3. The van der Waals surface area contributed by atoms with E-state index in [1.165, 1.54) is 57.8 Å². The molecule has 4 rings (SSSR count). The van der Waals surface area contributed by atoms with E-state index in [-0.39, 0.29) is 6.10 Å². The standard InChI is InChI=1S/C29H50O/c1-7-21(19(2)3)9-8-20(4)25-12-13-26-24-11-10-22-18-23(30)14-16-28(22,5)27(24)15-17-29(25,26)6/h12,19-24,26-27,30H,7-11,13-18H2,1-6H3/t20-,21-,22+,23-,24+,26+,27+,28+,29-/m1/s1. The van der Waals surface area contributed by atoms with Crippen LogP contribution in [0.3, 0.4) is 0 Å². The second-order valence-electron chi connectivity index (χ2n) is 12.8. The van der Waals surface area contributed by atoms with E-state index < -0.39 is 0 Å². The van der Waals surface area contributed by atoms with Gasteiger partial charge in [-0.05, 0) is 116 Å². The molecule has 172 valence electrons. The first-order valence-electron chi connectivity index (χ1n) is 13.6. The largest absolute Gasteiger partial charge is 0.393 e. The van der Waals surface area contributed by atoms with Crippen molar-refractivity contribution in [1.82, 2.24) is 0 Å². The first-order chi connectivity index (χ1) is 14.2. The monoisotopic (exact) mass is 414 g/mol. The molecule has 1 N–H and O–H groups in total. The van der Waals surface area contributed by atoms with Crippen LogP contribution >= 0.6 is 0 Å². The van der Waals surface area contributed by atoms with Crippen LogP contribution in [0.15, 0.2) is 11.6 Å². The molecule has 0 unspecified atom stereocenters. The third-order valence-electron chi connectivity index (χ3n) is 11.2. The molecule has 0 bridgehead atoms. The molecule has 30 heavy (non-hydrogen) atoms. The Morgan fingerprint density at radius 1 is 1.00 bits per heavy atom. The molecule has 0 spiro atoms. The maximum atomic E-state index is 10.3. The first-order valence-corrected chi connectivity index (χ1v) is 13.6. The summed E-state index contributed by atoms with van der Waals surface area (Å²) in [6, 6.07) is 0. The highest BCUT2D eigenvalue weighted by Crippen LogP contribution is 2.67.